The fourth-order valence-corrected chi connectivity index (χ4v) is 2.74. The molecule has 0 aliphatic carbocycles. The first-order valence-electron chi connectivity index (χ1n) is 5.85. The molecule has 0 spiro atoms. The summed E-state index contributed by atoms with van der Waals surface area (Å²) >= 11 is 2.29. The SMILES string of the molecule is Cc1cc2c(cc1I)C(=O)N(CC1CO1)CC2. The molecular formula is C13H14INO2. The van der Waals surface area contributed by atoms with Crippen LogP contribution in [0.5, 0.6) is 0 Å². The van der Waals surface area contributed by atoms with Crippen LogP contribution in [-0.2, 0) is 11.2 Å². The summed E-state index contributed by atoms with van der Waals surface area (Å²) in [7, 11) is 0. The van der Waals surface area contributed by atoms with Gasteiger partial charge in [-0.3, -0.25) is 4.79 Å². The van der Waals surface area contributed by atoms with Crippen molar-refractivity contribution in [2.45, 2.75) is 19.4 Å². The molecule has 0 radical (unpaired) electrons. The van der Waals surface area contributed by atoms with Crippen LogP contribution in [0.3, 0.4) is 0 Å². The Morgan fingerprint density at radius 1 is 1.53 bits per heavy atom. The molecule has 1 aromatic carbocycles. The molecule has 1 aromatic rings. The Balaban J connectivity index is 1.90. The lowest BCUT2D eigenvalue weighted by molar-refractivity contribution is 0.0726. The summed E-state index contributed by atoms with van der Waals surface area (Å²) in [5.74, 6) is 0.166. The lowest BCUT2D eigenvalue weighted by Crippen LogP contribution is -2.40. The van der Waals surface area contributed by atoms with E-state index in [0.29, 0.717) is 0 Å². The fourth-order valence-electron chi connectivity index (χ4n) is 2.27. The van der Waals surface area contributed by atoms with Gasteiger partial charge >= 0.3 is 0 Å². The van der Waals surface area contributed by atoms with Crippen LogP contribution in [-0.4, -0.2) is 36.6 Å². The second kappa shape index (κ2) is 4.24. The highest BCUT2D eigenvalue weighted by atomic mass is 127. The summed E-state index contributed by atoms with van der Waals surface area (Å²) in [4.78, 5) is 14.2. The molecule has 2 aliphatic heterocycles. The van der Waals surface area contributed by atoms with Gasteiger partial charge in [0.05, 0.1) is 12.7 Å². The summed E-state index contributed by atoms with van der Waals surface area (Å²) < 4.78 is 6.36. The van der Waals surface area contributed by atoms with Crippen molar-refractivity contribution in [2.24, 2.45) is 0 Å². The van der Waals surface area contributed by atoms with Gasteiger partial charge in [-0.15, -0.1) is 0 Å². The van der Waals surface area contributed by atoms with Gasteiger partial charge < -0.3 is 9.64 Å². The molecule has 4 heteroatoms. The molecule has 0 saturated carbocycles. The molecule has 1 unspecified atom stereocenters. The number of rotatable bonds is 2. The van der Waals surface area contributed by atoms with Crippen LogP contribution >= 0.6 is 22.6 Å². The van der Waals surface area contributed by atoms with E-state index in [4.69, 9.17) is 4.74 Å². The molecule has 0 bridgehead atoms. The van der Waals surface area contributed by atoms with Gasteiger partial charge in [0.25, 0.3) is 5.91 Å². The number of ether oxygens (including phenoxy) is 1. The van der Waals surface area contributed by atoms with Gasteiger partial charge in [0, 0.05) is 22.2 Å². The molecule has 1 atom stereocenters. The van der Waals surface area contributed by atoms with E-state index >= 15 is 0 Å². The van der Waals surface area contributed by atoms with E-state index < -0.39 is 0 Å². The number of carbonyl (C=O) groups excluding carboxylic acids is 1. The molecule has 0 N–H and O–H groups in total. The largest absolute Gasteiger partial charge is 0.371 e. The molecule has 2 aliphatic rings. The summed E-state index contributed by atoms with van der Waals surface area (Å²) in [5, 5.41) is 0. The molecule has 3 nitrogen and oxygen atoms in total. The lowest BCUT2D eigenvalue weighted by atomic mass is 9.97. The minimum atomic E-state index is 0.166. The van der Waals surface area contributed by atoms with E-state index in [0.717, 1.165) is 31.7 Å². The Bertz CT molecular complexity index is 483. The standard InChI is InChI=1S/C13H14INO2/c1-8-4-9-2-3-15(6-10-7-17-10)13(16)11(9)5-12(8)14/h4-5,10H,2-3,6-7H2,1H3. The molecule has 17 heavy (non-hydrogen) atoms. The van der Waals surface area contributed by atoms with Crippen LogP contribution in [0.2, 0.25) is 0 Å². The number of halogens is 1. The molecule has 0 aromatic heterocycles. The predicted octanol–water partition coefficient (Wildman–Crippen LogP) is 2.00. The van der Waals surface area contributed by atoms with Crippen LogP contribution in [0.1, 0.15) is 21.5 Å². The minimum absolute atomic E-state index is 0.166. The van der Waals surface area contributed by atoms with Gasteiger partial charge in [-0.25, -0.2) is 0 Å². The van der Waals surface area contributed by atoms with Crippen molar-refractivity contribution >= 4 is 28.5 Å². The maximum atomic E-state index is 12.3. The number of fused-ring (bicyclic) bond motifs is 1. The Kier molecular flexibility index (Phi) is 2.86. The van der Waals surface area contributed by atoms with Gasteiger partial charge in [-0.1, -0.05) is 6.07 Å². The molecule has 1 fully saturated rings. The van der Waals surface area contributed by atoms with E-state index in [1.54, 1.807) is 0 Å². The van der Waals surface area contributed by atoms with Gasteiger partial charge in [0.15, 0.2) is 0 Å². The van der Waals surface area contributed by atoms with Crippen molar-refractivity contribution in [3.63, 3.8) is 0 Å². The third-order valence-corrected chi connectivity index (χ3v) is 4.54. The van der Waals surface area contributed by atoms with Crippen LogP contribution in [0.4, 0.5) is 0 Å². The summed E-state index contributed by atoms with van der Waals surface area (Å²) in [6.07, 6.45) is 1.25. The first-order valence-corrected chi connectivity index (χ1v) is 6.93. The molecular weight excluding hydrogens is 329 g/mol. The number of benzene rings is 1. The van der Waals surface area contributed by atoms with Crippen molar-refractivity contribution in [1.82, 2.24) is 4.90 Å². The molecule has 2 heterocycles. The first kappa shape index (κ1) is 11.5. The average Bonchev–Trinajstić information content (AvgIpc) is 3.09. The maximum absolute atomic E-state index is 12.3. The highest BCUT2D eigenvalue weighted by Crippen LogP contribution is 2.25. The smallest absolute Gasteiger partial charge is 0.254 e. The van der Waals surface area contributed by atoms with Gasteiger partial charge in [0.2, 0.25) is 0 Å². The Labute approximate surface area is 114 Å². The monoisotopic (exact) mass is 343 g/mol. The number of hydrogen-bond donors (Lipinski definition) is 0. The predicted molar refractivity (Wildman–Crippen MR) is 73.2 cm³/mol. The zero-order valence-corrected chi connectivity index (χ0v) is 11.9. The Morgan fingerprint density at radius 2 is 2.29 bits per heavy atom. The number of hydrogen-bond acceptors (Lipinski definition) is 2. The van der Waals surface area contributed by atoms with Gasteiger partial charge in [0.1, 0.15) is 0 Å². The highest BCUT2D eigenvalue weighted by Gasteiger charge is 2.31. The zero-order valence-electron chi connectivity index (χ0n) is 9.70. The minimum Gasteiger partial charge on any atom is -0.371 e. The van der Waals surface area contributed by atoms with Crippen LogP contribution in [0, 0.1) is 10.5 Å². The van der Waals surface area contributed by atoms with Crippen molar-refractivity contribution in [3.05, 3.63) is 32.4 Å². The highest BCUT2D eigenvalue weighted by molar-refractivity contribution is 14.1. The third-order valence-electron chi connectivity index (χ3n) is 3.38. The topological polar surface area (TPSA) is 32.8 Å². The second-order valence-corrected chi connectivity index (χ2v) is 5.88. The number of aryl methyl sites for hydroxylation is 1. The molecule has 3 rings (SSSR count). The van der Waals surface area contributed by atoms with Crippen LogP contribution < -0.4 is 0 Å². The molecule has 90 valence electrons. The van der Waals surface area contributed by atoms with E-state index in [9.17, 15) is 4.79 Å². The number of nitrogens with zero attached hydrogens (tertiary/aromatic N) is 1. The van der Waals surface area contributed by atoms with E-state index in [-0.39, 0.29) is 12.0 Å². The van der Waals surface area contributed by atoms with Crippen molar-refractivity contribution in [1.29, 1.82) is 0 Å². The zero-order chi connectivity index (χ0) is 12.0. The quantitative estimate of drug-likeness (QED) is 0.608. The van der Waals surface area contributed by atoms with E-state index in [1.807, 2.05) is 11.0 Å². The Morgan fingerprint density at radius 3 is 3.00 bits per heavy atom. The maximum Gasteiger partial charge on any atom is 0.254 e. The average molecular weight is 343 g/mol. The van der Waals surface area contributed by atoms with Crippen molar-refractivity contribution in [2.75, 3.05) is 19.7 Å². The van der Waals surface area contributed by atoms with E-state index in [2.05, 4.69) is 35.6 Å². The normalized spacial score (nSPS) is 22.6. The number of carbonyl (C=O) groups is 1. The van der Waals surface area contributed by atoms with Gasteiger partial charge in [-0.05, 0) is 53.1 Å². The first-order chi connectivity index (χ1) is 8.15. The summed E-state index contributed by atoms with van der Waals surface area (Å²) in [6.45, 7) is 4.48. The second-order valence-electron chi connectivity index (χ2n) is 4.72. The molecule has 1 amide bonds. The van der Waals surface area contributed by atoms with E-state index in [1.165, 1.54) is 14.7 Å². The number of amides is 1. The fraction of sp³-hybridized carbons (Fsp3) is 0.462. The third kappa shape index (κ3) is 2.20. The summed E-state index contributed by atoms with van der Waals surface area (Å²) in [6, 6.07) is 4.17. The number of epoxide rings is 1. The lowest BCUT2D eigenvalue weighted by Gasteiger charge is -2.28. The van der Waals surface area contributed by atoms with Crippen LogP contribution in [0.15, 0.2) is 12.1 Å². The summed E-state index contributed by atoms with van der Waals surface area (Å²) in [5.41, 5.74) is 3.34. The van der Waals surface area contributed by atoms with Crippen molar-refractivity contribution in [3.8, 4) is 0 Å². The molecule has 1 saturated heterocycles. The van der Waals surface area contributed by atoms with Crippen LogP contribution in [0.25, 0.3) is 0 Å². The van der Waals surface area contributed by atoms with Gasteiger partial charge in [-0.2, -0.15) is 0 Å². The van der Waals surface area contributed by atoms with Crippen molar-refractivity contribution < 1.29 is 9.53 Å². The Hall–Kier alpha value is -0.620.